The molecule has 1 aromatic heterocycles. The normalized spacial score (nSPS) is 13.6. The minimum absolute atomic E-state index is 0.178. The molecular formula is C42H49N7O6S2. The largest absolute Gasteiger partial charge is 0.497 e. The van der Waals surface area contributed by atoms with Crippen molar-refractivity contribution in [1.29, 1.82) is 0 Å². The van der Waals surface area contributed by atoms with Crippen LogP contribution in [0.25, 0.3) is 10.8 Å². The van der Waals surface area contributed by atoms with Crippen molar-refractivity contribution in [3.05, 3.63) is 96.2 Å². The number of hydrogen-bond donors (Lipinski definition) is 5. The molecule has 1 saturated heterocycles. The summed E-state index contributed by atoms with van der Waals surface area (Å²) < 4.78 is 32.6. The Bertz CT molecular complexity index is 2260. The minimum Gasteiger partial charge on any atom is -0.497 e. The summed E-state index contributed by atoms with van der Waals surface area (Å²) in [6.45, 7) is 9.62. The zero-order chi connectivity index (χ0) is 40.5. The van der Waals surface area contributed by atoms with Gasteiger partial charge >= 0.3 is 6.03 Å². The molecule has 0 saturated carbocycles. The second kappa shape index (κ2) is 18.6. The third-order valence-corrected chi connectivity index (χ3v) is 10.7. The Morgan fingerprint density at radius 3 is 2.32 bits per heavy atom. The SMILES string of the molecule is COc1cc(Nc2cc(Oc3ccc(NC(=O)Nc4cc(C(C)(C)C)cc(NS(C)=O)c4OC)c4ccccc34)ccn2)cc(C(=O)NCCN2CCSCC2)c1. The standard InChI is InChI=1S/C42H49N7O6S2/c1-42(2,3)28-23-35(39(54-5)36(24-28)48-57(6)52)47-41(51)46-34-11-12-37(33-10-8-7-9-32(33)34)55-30-13-14-43-38(26-30)45-29-21-27(22-31(25-29)53-4)40(50)44-15-16-49-17-19-56-20-18-49/h7-14,21-26,48H,15-20H2,1-6H3,(H,43,45)(H,44,50)(H2,46,47,51). The Balaban J connectivity index is 1.16. The number of carbonyl (C=O) groups excluding carboxylic acids is 2. The number of pyridine rings is 1. The summed E-state index contributed by atoms with van der Waals surface area (Å²) in [6, 6.07) is 23.2. The number of ether oxygens (including phenoxy) is 3. The van der Waals surface area contributed by atoms with Crippen LogP contribution in [-0.2, 0) is 16.4 Å². The maximum absolute atomic E-state index is 13.5. The van der Waals surface area contributed by atoms with E-state index in [4.69, 9.17) is 14.2 Å². The molecule has 0 spiro atoms. The van der Waals surface area contributed by atoms with E-state index >= 15 is 0 Å². The van der Waals surface area contributed by atoms with Crippen LogP contribution in [0, 0.1) is 0 Å². The third-order valence-electron chi connectivity index (χ3n) is 9.25. The number of hydrogen-bond acceptors (Lipinski definition) is 10. The van der Waals surface area contributed by atoms with E-state index in [2.05, 4.69) is 56.6 Å². The topological polar surface area (TPSA) is 155 Å². The van der Waals surface area contributed by atoms with Crippen molar-refractivity contribution in [2.24, 2.45) is 0 Å². The molecule has 2 heterocycles. The van der Waals surface area contributed by atoms with E-state index in [1.807, 2.05) is 48.2 Å². The fourth-order valence-electron chi connectivity index (χ4n) is 6.34. The molecule has 1 aliphatic rings. The van der Waals surface area contributed by atoms with E-state index in [1.165, 1.54) is 13.4 Å². The van der Waals surface area contributed by atoms with Crippen LogP contribution in [0.1, 0.15) is 36.7 Å². The van der Waals surface area contributed by atoms with Gasteiger partial charge in [-0.15, -0.1) is 0 Å². The molecule has 1 unspecified atom stereocenters. The molecule has 5 N–H and O–H groups in total. The average Bonchev–Trinajstić information content (AvgIpc) is 3.18. The fourth-order valence-corrected chi connectivity index (χ4v) is 7.78. The first-order valence-corrected chi connectivity index (χ1v) is 21.2. The monoisotopic (exact) mass is 811 g/mol. The lowest BCUT2D eigenvalue weighted by atomic mass is 9.86. The smallest absolute Gasteiger partial charge is 0.323 e. The van der Waals surface area contributed by atoms with Crippen LogP contribution in [0.2, 0.25) is 0 Å². The van der Waals surface area contributed by atoms with Crippen LogP contribution in [0.4, 0.5) is 33.4 Å². The fraction of sp³-hybridized carbons (Fsp3) is 0.310. The van der Waals surface area contributed by atoms with Crippen LogP contribution < -0.4 is 40.2 Å². The zero-order valence-corrected chi connectivity index (χ0v) is 34.6. The van der Waals surface area contributed by atoms with E-state index < -0.39 is 17.0 Å². The van der Waals surface area contributed by atoms with E-state index in [0.29, 0.717) is 63.7 Å². The Morgan fingerprint density at radius 1 is 0.860 bits per heavy atom. The van der Waals surface area contributed by atoms with Crippen molar-refractivity contribution >= 4 is 74.0 Å². The second-order valence-corrected chi connectivity index (χ2v) is 16.7. The predicted octanol–water partition coefficient (Wildman–Crippen LogP) is 8.21. The molecular weight excluding hydrogens is 763 g/mol. The van der Waals surface area contributed by atoms with Crippen molar-refractivity contribution < 1.29 is 28.0 Å². The Hall–Kier alpha value is -5.51. The summed E-state index contributed by atoms with van der Waals surface area (Å²) in [6.07, 6.45) is 3.17. The third kappa shape index (κ3) is 10.9. The summed E-state index contributed by atoms with van der Waals surface area (Å²) in [4.78, 5) is 33.5. The Morgan fingerprint density at radius 2 is 1.60 bits per heavy atom. The summed E-state index contributed by atoms with van der Waals surface area (Å²) in [5.74, 6) is 4.56. The van der Waals surface area contributed by atoms with Gasteiger partial charge in [0, 0.05) is 84.3 Å². The molecule has 1 aliphatic heterocycles. The average molecular weight is 812 g/mol. The molecule has 6 rings (SSSR count). The first-order valence-electron chi connectivity index (χ1n) is 18.5. The zero-order valence-electron chi connectivity index (χ0n) is 33.0. The number of nitrogens with one attached hydrogen (secondary N) is 5. The molecule has 4 aromatic carbocycles. The van der Waals surface area contributed by atoms with Crippen molar-refractivity contribution in [3.8, 4) is 23.0 Å². The number of amides is 3. The first kappa shape index (κ1) is 41.1. The van der Waals surface area contributed by atoms with Crippen molar-refractivity contribution in [3.63, 3.8) is 0 Å². The van der Waals surface area contributed by atoms with Crippen LogP contribution in [0.15, 0.2) is 85.1 Å². The maximum atomic E-state index is 13.5. The second-order valence-electron chi connectivity index (χ2n) is 14.4. The number of aromatic nitrogens is 1. The van der Waals surface area contributed by atoms with E-state index in [-0.39, 0.29) is 11.3 Å². The van der Waals surface area contributed by atoms with Gasteiger partial charge in [-0.1, -0.05) is 45.0 Å². The summed E-state index contributed by atoms with van der Waals surface area (Å²) in [7, 11) is 1.70. The molecule has 1 fully saturated rings. The van der Waals surface area contributed by atoms with Gasteiger partial charge in [0.2, 0.25) is 0 Å². The number of carbonyl (C=O) groups is 2. The predicted molar refractivity (Wildman–Crippen MR) is 233 cm³/mol. The summed E-state index contributed by atoms with van der Waals surface area (Å²) >= 11 is 1.96. The number of benzene rings is 4. The number of rotatable bonds is 14. The maximum Gasteiger partial charge on any atom is 0.323 e. The summed E-state index contributed by atoms with van der Waals surface area (Å²) in [5.41, 5.74) is 3.27. The molecule has 57 heavy (non-hydrogen) atoms. The first-order chi connectivity index (χ1) is 27.4. The molecule has 0 radical (unpaired) electrons. The molecule has 300 valence electrons. The highest BCUT2D eigenvalue weighted by atomic mass is 32.2. The van der Waals surface area contributed by atoms with Gasteiger partial charge in [0.15, 0.2) is 5.75 Å². The number of nitrogens with zero attached hydrogens (tertiary/aromatic N) is 2. The molecule has 15 heteroatoms. The molecule has 0 bridgehead atoms. The van der Waals surface area contributed by atoms with Crippen LogP contribution >= 0.6 is 11.8 Å². The van der Waals surface area contributed by atoms with Gasteiger partial charge in [-0.2, -0.15) is 11.8 Å². The van der Waals surface area contributed by atoms with E-state index in [9.17, 15) is 13.8 Å². The highest BCUT2D eigenvalue weighted by molar-refractivity contribution is 7.99. The molecule has 3 amide bonds. The molecule has 0 aliphatic carbocycles. The number of fused-ring (bicyclic) bond motifs is 1. The van der Waals surface area contributed by atoms with Gasteiger partial charge in [0.1, 0.15) is 34.1 Å². The van der Waals surface area contributed by atoms with Crippen LogP contribution in [0.3, 0.4) is 0 Å². The number of urea groups is 1. The quantitative estimate of drug-likeness (QED) is 0.0741. The lowest BCUT2D eigenvalue weighted by Crippen LogP contribution is -2.39. The highest BCUT2D eigenvalue weighted by Gasteiger charge is 2.22. The molecule has 13 nitrogen and oxygen atoms in total. The van der Waals surface area contributed by atoms with E-state index in [0.717, 1.165) is 47.5 Å². The van der Waals surface area contributed by atoms with Gasteiger partial charge < -0.3 is 40.2 Å². The summed E-state index contributed by atoms with van der Waals surface area (Å²) in [5, 5.41) is 13.8. The molecule has 5 aromatic rings. The van der Waals surface area contributed by atoms with Gasteiger partial charge in [-0.3, -0.25) is 9.69 Å². The van der Waals surface area contributed by atoms with Crippen molar-refractivity contribution in [1.82, 2.24) is 15.2 Å². The number of methoxy groups -OCH3 is 2. The number of anilines is 5. The minimum atomic E-state index is -1.36. The Labute approximate surface area is 340 Å². The number of thioether (sulfide) groups is 1. The van der Waals surface area contributed by atoms with Gasteiger partial charge in [-0.05, 0) is 53.4 Å². The lowest BCUT2D eigenvalue weighted by molar-refractivity contribution is 0.0948. The lowest BCUT2D eigenvalue weighted by Gasteiger charge is -2.26. The van der Waals surface area contributed by atoms with Gasteiger partial charge in [0.05, 0.1) is 31.3 Å². The Kier molecular flexibility index (Phi) is 13.4. The molecule has 1 atom stereocenters. The van der Waals surface area contributed by atoms with Gasteiger partial charge in [-0.25, -0.2) is 14.0 Å². The highest BCUT2D eigenvalue weighted by Crippen LogP contribution is 2.40. The van der Waals surface area contributed by atoms with Crippen LogP contribution in [0.5, 0.6) is 23.0 Å². The van der Waals surface area contributed by atoms with Gasteiger partial charge in [0.25, 0.3) is 5.91 Å². The van der Waals surface area contributed by atoms with Crippen LogP contribution in [-0.4, -0.2) is 84.2 Å². The van der Waals surface area contributed by atoms with E-state index in [1.54, 1.807) is 55.8 Å². The van der Waals surface area contributed by atoms with Crippen molar-refractivity contribution in [2.45, 2.75) is 26.2 Å². The van der Waals surface area contributed by atoms with Crippen molar-refractivity contribution in [2.75, 3.05) is 78.8 Å².